The molecule has 0 spiro atoms. The van der Waals surface area contributed by atoms with Crippen LogP contribution in [0, 0.1) is 0 Å². The average molecular weight is 311 g/mol. The van der Waals surface area contributed by atoms with Gasteiger partial charge in [0.05, 0.1) is 16.5 Å². The molecule has 0 saturated carbocycles. The molecule has 0 N–H and O–H groups in total. The quantitative estimate of drug-likeness (QED) is 0.636. The van der Waals surface area contributed by atoms with Gasteiger partial charge in [0.2, 0.25) is 0 Å². The minimum atomic E-state index is -0.511. The van der Waals surface area contributed by atoms with Gasteiger partial charge in [-0.05, 0) is 37.3 Å². The van der Waals surface area contributed by atoms with Gasteiger partial charge in [0.1, 0.15) is 10.6 Å². The van der Waals surface area contributed by atoms with Crippen LogP contribution >= 0.6 is 22.9 Å². The first kappa shape index (κ1) is 14.6. The summed E-state index contributed by atoms with van der Waals surface area (Å²) >= 11 is 6.89. The lowest BCUT2D eigenvalue weighted by molar-refractivity contribution is 0.0524. The molecule has 1 aromatic heterocycles. The fourth-order valence-corrected chi connectivity index (χ4v) is 2.40. The van der Waals surface area contributed by atoms with Crippen molar-refractivity contribution in [2.24, 2.45) is 0 Å². The third-order valence-electron chi connectivity index (χ3n) is 2.33. The van der Waals surface area contributed by atoms with Crippen molar-refractivity contribution in [1.29, 1.82) is 0 Å². The molecule has 0 amide bonds. The lowest BCUT2D eigenvalue weighted by Gasteiger charge is -2.05. The number of carbonyl (C=O) groups is 2. The van der Waals surface area contributed by atoms with Crippen LogP contribution in [-0.4, -0.2) is 18.5 Å². The van der Waals surface area contributed by atoms with Crippen molar-refractivity contribution in [3.8, 4) is 5.75 Å². The first-order valence-corrected chi connectivity index (χ1v) is 7.04. The smallest absolute Gasteiger partial charge is 0.353 e. The van der Waals surface area contributed by atoms with Gasteiger partial charge in [-0.25, -0.2) is 9.59 Å². The molecule has 0 aliphatic heterocycles. The van der Waals surface area contributed by atoms with E-state index in [1.165, 1.54) is 6.07 Å². The van der Waals surface area contributed by atoms with Crippen LogP contribution in [0.25, 0.3) is 0 Å². The molecule has 4 nitrogen and oxygen atoms in total. The van der Waals surface area contributed by atoms with Crippen LogP contribution in [-0.2, 0) is 4.74 Å². The normalized spacial score (nSPS) is 10.1. The van der Waals surface area contributed by atoms with Crippen molar-refractivity contribution in [3.05, 3.63) is 51.2 Å². The van der Waals surface area contributed by atoms with E-state index in [2.05, 4.69) is 0 Å². The molecule has 1 heterocycles. The number of rotatable bonds is 4. The molecular weight excluding hydrogens is 300 g/mol. The average Bonchev–Trinajstić information content (AvgIpc) is 2.86. The maximum absolute atomic E-state index is 11.8. The highest BCUT2D eigenvalue weighted by Gasteiger charge is 2.13. The summed E-state index contributed by atoms with van der Waals surface area (Å²) in [7, 11) is 0. The molecule has 104 valence electrons. The summed E-state index contributed by atoms with van der Waals surface area (Å²) in [5.41, 5.74) is 0.335. The van der Waals surface area contributed by atoms with Gasteiger partial charge in [0.15, 0.2) is 0 Å². The van der Waals surface area contributed by atoms with E-state index in [0.29, 0.717) is 14.8 Å². The molecule has 0 atom stereocenters. The van der Waals surface area contributed by atoms with E-state index in [1.807, 2.05) is 0 Å². The van der Waals surface area contributed by atoms with Gasteiger partial charge in [0.25, 0.3) is 0 Å². The number of thiophene rings is 1. The zero-order valence-electron chi connectivity index (χ0n) is 10.6. The Kier molecular flexibility index (Phi) is 4.76. The van der Waals surface area contributed by atoms with Crippen LogP contribution in [0.2, 0.25) is 4.34 Å². The Bertz CT molecular complexity index is 636. The zero-order valence-corrected chi connectivity index (χ0v) is 12.2. The monoisotopic (exact) mass is 310 g/mol. The van der Waals surface area contributed by atoms with Crippen LogP contribution in [0.3, 0.4) is 0 Å². The highest BCUT2D eigenvalue weighted by Crippen LogP contribution is 2.23. The number of halogens is 1. The highest BCUT2D eigenvalue weighted by molar-refractivity contribution is 7.17. The number of benzene rings is 1. The van der Waals surface area contributed by atoms with Crippen molar-refractivity contribution in [2.45, 2.75) is 6.92 Å². The van der Waals surface area contributed by atoms with E-state index < -0.39 is 11.9 Å². The van der Waals surface area contributed by atoms with E-state index in [-0.39, 0.29) is 12.4 Å². The van der Waals surface area contributed by atoms with Gasteiger partial charge in [-0.2, -0.15) is 0 Å². The van der Waals surface area contributed by atoms with Gasteiger partial charge in [-0.1, -0.05) is 17.7 Å². The van der Waals surface area contributed by atoms with Gasteiger partial charge >= 0.3 is 11.9 Å². The third kappa shape index (κ3) is 3.59. The summed E-state index contributed by atoms with van der Waals surface area (Å²) in [6.07, 6.45) is 0. The molecule has 20 heavy (non-hydrogen) atoms. The second-order valence-corrected chi connectivity index (χ2v) is 5.46. The summed E-state index contributed by atoms with van der Waals surface area (Å²) in [5.74, 6) is -0.683. The van der Waals surface area contributed by atoms with Gasteiger partial charge in [-0.3, -0.25) is 0 Å². The fraction of sp³-hybridized carbons (Fsp3) is 0.143. The number of carbonyl (C=O) groups excluding carboxylic acids is 2. The molecule has 2 aromatic rings. The van der Waals surface area contributed by atoms with Crippen LogP contribution in [0.1, 0.15) is 27.0 Å². The predicted octanol–water partition coefficient (Wildman–Crippen LogP) is 3.80. The van der Waals surface area contributed by atoms with E-state index >= 15 is 0 Å². The lowest BCUT2D eigenvalue weighted by Crippen LogP contribution is -2.08. The first-order chi connectivity index (χ1) is 9.60. The minimum absolute atomic E-state index is 0.282. The number of ether oxygens (including phenoxy) is 2. The molecule has 0 radical (unpaired) electrons. The minimum Gasteiger partial charge on any atom is -0.462 e. The SMILES string of the molecule is CCOC(=O)c1cccc(OC(=O)c2ccc(Cl)s2)c1. The number of esters is 2. The molecule has 0 unspecified atom stereocenters. The third-order valence-corrected chi connectivity index (χ3v) is 3.54. The maximum atomic E-state index is 11.8. The molecule has 0 aliphatic rings. The fourth-order valence-electron chi connectivity index (χ4n) is 1.48. The standard InChI is InChI=1S/C14H11ClO4S/c1-2-18-13(16)9-4-3-5-10(8-9)19-14(17)11-6-7-12(15)20-11/h3-8H,2H2,1H3. The molecule has 6 heteroatoms. The maximum Gasteiger partial charge on any atom is 0.353 e. The van der Waals surface area contributed by atoms with E-state index in [1.54, 1.807) is 37.3 Å². The zero-order chi connectivity index (χ0) is 14.5. The molecule has 0 aliphatic carbocycles. The molecule has 0 saturated heterocycles. The first-order valence-electron chi connectivity index (χ1n) is 5.85. The molecular formula is C14H11ClO4S. The topological polar surface area (TPSA) is 52.6 Å². The molecule has 0 fully saturated rings. The molecule has 1 aromatic carbocycles. The summed E-state index contributed by atoms with van der Waals surface area (Å²) in [5, 5.41) is 0. The van der Waals surface area contributed by atoms with E-state index in [0.717, 1.165) is 11.3 Å². The number of hydrogen-bond acceptors (Lipinski definition) is 5. The second-order valence-electron chi connectivity index (χ2n) is 3.74. The predicted molar refractivity (Wildman–Crippen MR) is 76.7 cm³/mol. The Labute approximate surface area is 124 Å². The van der Waals surface area contributed by atoms with Crippen LogP contribution in [0.4, 0.5) is 0 Å². The second kappa shape index (κ2) is 6.54. The summed E-state index contributed by atoms with van der Waals surface area (Å²) in [6, 6.07) is 9.48. The Morgan fingerprint density at radius 1 is 1.20 bits per heavy atom. The summed E-state index contributed by atoms with van der Waals surface area (Å²) in [6.45, 7) is 2.01. The Hall–Kier alpha value is -1.85. The largest absolute Gasteiger partial charge is 0.462 e. The van der Waals surface area contributed by atoms with E-state index in [4.69, 9.17) is 21.1 Å². The van der Waals surface area contributed by atoms with E-state index in [9.17, 15) is 9.59 Å². The van der Waals surface area contributed by atoms with Crippen molar-refractivity contribution < 1.29 is 19.1 Å². The summed E-state index contributed by atoms with van der Waals surface area (Å²) in [4.78, 5) is 23.8. The highest BCUT2D eigenvalue weighted by atomic mass is 35.5. The van der Waals surface area contributed by atoms with Gasteiger partial charge in [0, 0.05) is 0 Å². The van der Waals surface area contributed by atoms with Gasteiger partial charge < -0.3 is 9.47 Å². The lowest BCUT2D eigenvalue weighted by atomic mass is 10.2. The Balaban J connectivity index is 2.12. The number of hydrogen-bond donors (Lipinski definition) is 0. The summed E-state index contributed by atoms with van der Waals surface area (Å²) < 4.78 is 10.6. The Morgan fingerprint density at radius 2 is 2.00 bits per heavy atom. The van der Waals surface area contributed by atoms with Gasteiger partial charge in [-0.15, -0.1) is 11.3 Å². The Morgan fingerprint density at radius 3 is 2.65 bits per heavy atom. The molecule has 2 rings (SSSR count). The van der Waals surface area contributed by atoms with Crippen molar-refractivity contribution in [2.75, 3.05) is 6.61 Å². The van der Waals surface area contributed by atoms with Crippen molar-refractivity contribution in [1.82, 2.24) is 0 Å². The van der Waals surface area contributed by atoms with Crippen LogP contribution < -0.4 is 4.74 Å². The van der Waals surface area contributed by atoms with Crippen LogP contribution in [0.5, 0.6) is 5.75 Å². The molecule has 0 bridgehead atoms. The van der Waals surface area contributed by atoms with Crippen molar-refractivity contribution in [3.63, 3.8) is 0 Å². The van der Waals surface area contributed by atoms with Crippen molar-refractivity contribution >= 4 is 34.9 Å². The van der Waals surface area contributed by atoms with Crippen LogP contribution in [0.15, 0.2) is 36.4 Å².